The summed E-state index contributed by atoms with van der Waals surface area (Å²) < 4.78 is 0. The molecule has 2 aliphatic rings. The Labute approximate surface area is 94.4 Å². The third-order valence-electron chi connectivity index (χ3n) is 3.82. The average molecular weight is 210 g/mol. The van der Waals surface area contributed by atoms with Crippen LogP contribution in [0.4, 0.5) is 0 Å². The Bertz CT molecular complexity index is 177. The number of rotatable bonds is 6. The summed E-state index contributed by atoms with van der Waals surface area (Å²) in [6.07, 6.45) is 9.86. The first kappa shape index (κ1) is 11.4. The highest BCUT2D eigenvalue weighted by Crippen LogP contribution is 2.19. The van der Waals surface area contributed by atoms with Crippen LogP contribution in [0, 0.1) is 0 Å². The number of hydrogen-bond acceptors (Lipinski definition) is 2. The minimum absolute atomic E-state index is 0.843. The Morgan fingerprint density at radius 1 is 1.13 bits per heavy atom. The van der Waals surface area contributed by atoms with E-state index in [1.807, 2.05) is 0 Å². The largest absolute Gasteiger partial charge is 0.314 e. The zero-order valence-corrected chi connectivity index (χ0v) is 10.2. The van der Waals surface area contributed by atoms with E-state index in [0.29, 0.717) is 0 Å². The van der Waals surface area contributed by atoms with Crippen LogP contribution in [0.3, 0.4) is 0 Å². The number of hydrogen-bond donors (Lipinski definition) is 1. The van der Waals surface area contributed by atoms with E-state index in [1.54, 1.807) is 0 Å². The summed E-state index contributed by atoms with van der Waals surface area (Å²) in [6.45, 7) is 6.30. The average Bonchev–Trinajstić information content (AvgIpc) is 3.04. The molecule has 1 saturated heterocycles. The summed E-state index contributed by atoms with van der Waals surface area (Å²) in [7, 11) is 0. The molecule has 1 unspecified atom stereocenters. The van der Waals surface area contributed by atoms with Gasteiger partial charge in [-0.1, -0.05) is 6.42 Å². The number of nitrogens with zero attached hydrogens (tertiary/aromatic N) is 1. The van der Waals surface area contributed by atoms with Crippen molar-refractivity contribution in [2.75, 3.05) is 19.6 Å². The number of likely N-dealkylation sites (tertiary alicyclic amines) is 1. The smallest absolute Gasteiger partial charge is 0.00682 e. The summed E-state index contributed by atoms with van der Waals surface area (Å²) in [5, 5.41) is 3.59. The molecule has 0 aromatic heterocycles. The molecule has 1 N–H and O–H groups in total. The highest BCUT2D eigenvalue weighted by Gasteiger charge is 2.20. The van der Waals surface area contributed by atoms with E-state index >= 15 is 0 Å². The zero-order chi connectivity index (χ0) is 10.5. The third kappa shape index (κ3) is 4.12. The van der Waals surface area contributed by atoms with E-state index in [4.69, 9.17) is 0 Å². The molecular formula is C13H26N2. The minimum atomic E-state index is 0.843. The Balaban J connectivity index is 1.48. The minimum Gasteiger partial charge on any atom is -0.314 e. The summed E-state index contributed by atoms with van der Waals surface area (Å²) in [5.41, 5.74) is 0. The van der Waals surface area contributed by atoms with Gasteiger partial charge in [0.2, 0.25) is 0 Å². The molecule has 2 heteroatoms. The van der Waals surface area contributed by atoms with Crippen LogP contribution in [-0.2, 0) is 0 Å². The van der Waals surface area contributed by atoms with Gasteiger partial charge >= 0.3 is 0 Å². The van der Waals surface area contributed by atoms with Crippen LogP contribution in [-0.4, -0.2) is 36.6 Å². The van der Waals surface area contributed by atoms with Crippen LogP contribution in [0.25, 0.3) is 0 Å². The second-order valence-electron chi connectivity index (χ2n) is 5.32. The predicted molar refractivity (Wildman–Crippen MR) is 65.1 cm³/mol. The van der Waals surface area contributed by atoms with Crippen LogP contribution in [0.5, 0.6) is 0 Å². The standard InChI is InChI=1S/C13H26N2/c1-12-6-2-4-10-15(12)11-5-3-9-14-13-7-8-13/h12-14H,2-11H2,1H3. The van der Waals surface area contributed by atoms with Gasteiger partial charge in [0, 0.05) is 12.1 Å². The maximum atomic E-state index is 3.59. The predicted octanol–water partition coefficient (Wildman–Crippen LogP) is 2.39. The molecule has 0 aromatic carbocycles. The molecule has 1 saturated carbocycles. The maximum Gasteiger partial charge on any atom is 0.00682 e. The van der Waals surface area contributed by atoms with Gasteiger partial charge in [0.05, 0.1) is 0 Å². The molecule has 15 heavy (non-hydrogen) atoms. The molecule has 1 aliphatic carbocycles. The fourth-order valence-corrected chi connectivity index (χ4v) is 2.52. The van der Waals surface area contributed by atoms with Gasteiger partial charge in [0.15, 0.2) is 0 Å². The monoisotopic (exact) mass is 210 g/mol. The molecule has 0 bridgehead atoms. The molecule has 1 heterocycles. The topological polar surface area (TPSA) is 15.3 Å². The van der Waals surface area contributed by atoms with Crippen LogP contribution < -0.4 is 5.32 Å². The lowest BCUT2D eigenvalue weighted by Gasteiger charge is -2.33. The van der Waals surface area contributed by atoms with Gasteiger partial charge in [0.1, 0.15) is 0 Å². The van der Waals surface area contributed by atoms with E-state index in [0.717, 1.165) is 12.1 Å². The van der Waals surface area contributed by atoms with Gasteiger partial charge in [-0.05, 0) is 65.1 Å². The number of nitrogens with one attached hydrogen (secondary N) is 1. The molecule has 0 radical (unpaired) electrons. The van der Waals surface area contributed by atoms with Crippen molar-refractivity contribution in [1.82, 2.24) is 10.2 Å². The second kappa shape index (κ2) is 5.86. The Morgan fingerprint density at radius 2 is 2.00 bits per heavy atom. The third-order valence-corrected chi connectivity index (χ3v) is 3.82. The lowest BCUT2D eigenvalue weighted by Crippen LogP contribution is -2.38. The van der Waals surface area contributed by atoms with Crippen molar-refractivity contribution in [3.63, 3.8) is 0 Å². The van der Waals surface area contributed by atoms with Crippen molar-refractivity contribution in [2.45, 2.75) is 64.0 Å². The quantitative estimate of drug-likeness (QED) is 0.677. The first-order valence-electron chi connectivity index (χ1n) is 6.83. The van der Waals surface area contributed by atoms with Gasteiger partial charge in [0.25, 0.3) is 0 Å². The SMILES string of the molecule is CC1CCCCN1CCCCNC1CC1. The fraction of sp³-hybridized carbons (Fsp3) is 1.00. The van der Waals surface area contributed by atoms with E-state index < -0.39 is 0 Å². The molecular weight excluding hydrogens is 184 g/mol. The second-order valence-corrected chi connectivity index (χ2v) is 5.32. The molecule has 88 valence electrons. The Morgan fingerprint density at radius 3 is 2.73 bits per heavy atom. The van der Waals surface area contributed by atoms with Crippen molar-refractivity contribution < 1.29 is 0 Å². The van der Waals surface area contributed by atoms with E-state index in [1.165, 1.54) is 64.6 Å². The van der Waals surface area contributed by atoms with Crippen molar-refractivity contribution in [3.8, 4) is 0 Å². The fourth-order valence-electron chi connectivity index (χ4n) is 2.52. The Hall–Kier alpha value is -0.0800. The molecule has 0 aromatic rings. The van der Waals surface area contributed by atoms with Gasteiger partial charge in [-0.25, -0.2) is 0 Å². The van der Waals surface area contributed by atoms with E-state index in [2.05, 4.69) is 17.1 Å². The van der Waals surface area contributed by atoms with Crippen LogP contribution >= 0.6 is 0 Å². The van der Waals surface area contributed by atoms with E-state index in [9.17, 15) is 0 Å². The number of piperidine rings is 1. The highest BCUT2D eigenvalue weighted by atomic mass is 15.2. The molecule has 2 nitrogen and oxygen atoms in total. The molecule has 1 atom stereocenters. The van der Waals surface area contributed by atoms with Gasteiger partial charge in [-0.2, -0.15) is 0 Å². The molecule has 2 rings (SSSR count). The summed E-state index contributed by atoms with van der Waals surface area (Å²) >= 11 is 0. The van der Waals surface area contributed by atoms with Crippen molar-refractivity contribution >= 4 is 0 Å². The van der Waals surface area contributed by atoms with Crippen LogP contribution in [0.2, 0.25) is 0 Å². The van der Waals surface area contributed by atoms with Gasteiger partial charge in [-0.3, -0.25) is 0 Å². The highest BCUT2D eigenvalue weighted by molar-refractivity contribution is 4.80. The molecule has 0 spiro atoms. The first-order valence-corrected chi connectivity index (χ1v) is 6.83. The lowest BCUT2D eigenvalue weighted by molar-refractivity contribution is 0.158. The maximum absolute atomic E-state index is 3.59. The molecule has 2 fully saturated rings. The van der Waals surface area contributed by atoms with Gasteiger partial charge in [-0.15, -0.1) is 0 Å². The van der Waals surface area contributed by atoms with Crippen LogP contribution in [0.1, 0.15) is 51.9 Å². The normalized spacial score (nSPS) is 28.2. The van der Waals surface area contributed by atoms with Crippen molar-refractivity contribution in [1.29, 1.82) is 0 Å². The molecule has 0 amide bonds. The Kier molecular flexibility index (Phi) is 4.45. The lowest BCUT2D eigenvalue weighted by atomic mass is 10.0. The summed E-state index contributed by atoms with van der Waals surface area (Å²) in [4.78, 5) is 2.68. The summed E-state index contributed by atoms with van der Waals surface area (Å²) in [6, 6.07) is 1.73. The first-order chi connectivity index (χ1) is 7.36. The zero-order valence-electron chi connectivity index (χ0n) is 10.2. The summed E-state index contributed by atoms with van der Waals surface area (Å²) in [5.74, 6) is 0. The van der Waals surface area contributed by atoms with E-state index in [-0.39, 0.29) is 0 Å². The molecule has 1 aliphatic heterocycles. The van der Waals surface area contributed by atoms with Crippen LogP contribution in [0.15, 0.2) is 0 Å². The number of unbranched alkanes of at least 4 members (excludes halogenated alkanes) is 1. The van der Waals surface area contributed by atoms with Crippen molar-refractivity contribution in [3.05, 3.63) is 0 Å². The van der Waals surface area contributed by atoms with Gasteiger partial charge < -0.3 is 10.2 Å². The van der Waals surface area contributed by atoms with Crippen molar-refractivity contribution in [2.24, 2.45) is 0 Å².